The maximum absolute atomic E-state index is 12.2. The first-order valence-electron chi connectivity index (χ1n) is 9.35. The predicted molar refractivity (Wildman–Crippen MR) is 130 cm³/mol. The van der Waals surface area contributed by atoms with E-state index in [9.17, 15) is 8.42 Å². The lowest BCUT2D eigenvalue weighted by Crippen LogP contribution is -2.39. The molecule has 2 aromatic carbocycles. The van der Waals surface area contributed by atoms with E-state index in [0.29, 0.717) is 25.5 Å². The largest absolute Gasteiger partial charge is 0.496 e. The number of nitrogens with zero attached hydrogens (tertiary/aromatic N) is 1. The van der Waals surface area contributed by atoms with Gasteiger partial charge >= 0.3 is 0 Å². The van der Waals surface area contributed by atoms with Crippen LogP contribution in [0.1, 0.15) is 17.5 Å². The van der Waals surface area contributed by atoms with Gasteiger partial charge in [-0.1, -0.05) is 48.5 Å². The van der Waals surface area contributed by atoms with Crippen molar-refractivity contribution in [2.75, 3.05) is 33.0 Å². The zero-order valence-corrected chi connectivity index (χ0v) is 20.1. The quantitative estimate of drug-likeness (QED) is 0.213. The number of guanidine groups is 1. The van der Waals surface area contributed by atoms with Crippen LogP contribution in [-0.4, -0.2) is 47.4 Å². The minimum atomic E-state index is -3.11. The van der Waals surface area contributed by atoms with Gasteiger partial charge in [0.15, 0.2) is 15.8 Å². The van der Waals surface area contributed by atoms with E-state index in [-0.39, 0.29) is 35.5 Å². The molecule has 0 bridgehead atoms. The van der Waals surface area contributed by atoms with Crippen molar-refractivity contribution < 1.29 is 13.2 Å². The number of rotatable bonds is 10. The molecule has 0 amide bonds. The summed E-state index contributed by atoms with van der Waals surface area (Å²) in [5.74, 6) is 1.76. The van der Waals surface area contributed by atoms with Crippen molar-refractivity contribution in [2.45, 2.75) is 18.6 Å². The number of benzene rings is 2. The molecule has 0 radical (unpaired) electrons. The van der Waals surface area contributed by atoms with Gasteiger partial charge in [-0.15, -0.1) is 24.0 Å². The predicted octanol–water partition coefficient (Wildman–Crippen LogP) is 3.03. The SMILES string of the molecule is CN=C(NCCCS(=O)(=O)Cc1ccccc1)NCCc1ccccc1OC.I. The Kier molecular flexibility index (Phi) is 11.7. The fourth-order valence-electron chi connectivity index (χ4n) is 2.84. The highest BCUT2D eigenvalue weighted by Gasteiger charge is 2.11. The average Bonchev–Trinajstić information content (AvgIpc) is 2.70. The molecule has 0 heterocycles. The van der Waals surface area contributed by atoms with Gasteiger partial charge < -0.3 is 15.4 Å². The molecule has 0 saturated heterocycles. The fourth-order valence-corrected chi connectivity index (χ4v) is 4.27. The number of methoxy groups -OCH3 is 1. The van der Waals surface area contributed by atoms with E-state index in [1.165, 1.54) is 0 Å². The minimum absolute atomic E-state index is 0. The minimum Gasteiger partial charge on any atom is -0.496 e. The van der Waals surface area contributed by atoms with Crippen LogP contribution < -0.4 is 15.4 Å². The summed E-state index contributed by atoms with van der Waals surface area (Å²) in [7, 11) is 0.250. The molecule has 0 spiro atoms. The number of nitrogens with one attached hydrogen (secondary N) is 2. The summed E-state index contributed by atoms with van der Waals surface area (Å²) < 4.78 is 29.8. The van der Waals surface area contributed by atoms with E-state index in [0.717, 1.165) is 23.3 Å². The van der Waals surface area contributed by atoms with Crippen LogP contribution in [0.25, 0.3) is 0 Å². The number of halogens is 1. The number of ether oxygens (including phenoxy) is 1. The van der Waals surface area contributed by atoms with Crippen LogP contribution >= 0.6 is 24.0 Å². The summed E-state index contributed by atoms with van der Waals surface area (Å²) in [6, 6.07) is 17.2. The standard InChI is InChI=1S/C21H29N3O3S.HI/c1-22-21(24-15-13-19-11-6-7-12-20(19)27-2)23-14-8-16-28(25,26)17-18-9-4-3-5-10-18;/h3-7,9-12H,8,13-17H2,1-2H3,(H2,22,23,24);1H. The Morgan fingerprint density at radius 3 is 2.34 bits per heavy atom. The van der Waals surface area contributed by atoms with Crippen molar-refractivity contribution in [2.24, 2.45) is 4.99 Å². The fraction of sp³-hybridized carbons (Fsp3) is 0.381. The molecule has 0 fully saturated rings. The number of aliphatic imine (C=N–C) groups is 1. The molecule has 8 heteroatoms. The van der Waals surface area contributed by atoms with Gasteiger partial charge in [-0.05, 0) is 30.0 Å². The molecule has 2 rings (SSSR count). The molecular formula is C21H30IN3O3S. The molecule has 6 nitrogen and oxygen atoms in total. The summed E-state index contributed by atoms with van der Waals surface area (Å²) in [6.07, 6.45) is 1.33. The first-order chi connectivity index (χ1) is 13.5. The topological polar surface area (TPSA) is 79.8 Å². The number of hydrogen-bond acceptors (Lipinski definition) is 4. The Hall–Kier alpha value is -1.81. The molecule has 0 aliphatic carbocycles. The molecule has 0 aliphatic rings. The third kappa shape index (κ3) is 9.49. The second-order valence-corrected chi connectivity index (χ2v) is 8.60. The first-order valence-corrected chi connectivity index (χ1v) is 11.2. The summed E-state index contributed by atoms with van der Waals surface area (Å²) in [5.41, 5.74) is 1.95. The normalized spacial score (nSPS) is 11.4. The zero-order valence-electron chi connectivity index (χ0n) is 16.9. The van der Waals surface area contributed by atoms with Gasteiger partial charge in [-0.25, -0.2) is 8.42 Å². The Labute approximate surface area is 191 Å². The zero-order chi connectivity index (χ0) is 20.2. The van der Waals surface area contributed by atoms with Crippen molar-refractivity contribution in [3.05, 3.63) is 65.7 Å². The van der Waals surface area contributed by atoms with Crippen LogP contribution in [-0.2, 0) is 22.0 Å². The van der Waals surface area contributed by atoms with Crippen LogP contribution in [0, 0.1) is 0 Å². The van der Waals surface area contributed by atoms with E-state index < -0.39 is 9.84 Å². The van der Waals surface area contributed by atoms with Gasteiger partial charge in [-0.3, -0.25) is 4.99 Å². The number of hydrogen-bond donors (Lipinski definition) is 2. The van der Waals surface area contributed by atoms with Crippen LogP contribution in [0.3, 0.4) is 0 Å². The van der Waals surface area contributed by atoms with Gasteiger partial charge in [0.25, 0.3) is 0 Å². The Balaban J connectivity index is 0.00000420. The smallest absolute Gasteiger partial charge is 0.190 e. The maximum Gasteiger partial charge on any atom is 0.190 e. The van der Waals surface area contributed by atoms with Crippen molar-refractivity contribution in [1.82, 2.24) is 10.6 Å². The van der Waals surface area contributed by atoms with Crippen LogP contribution in [0.4, 0.5) is 0 Å². The number of sulfone groups is 1. The van der Waals surface area contributed by atoms with Gasteiger partial charge in [0.05, 0.1) is 18.6 Å². The highest BCUT2D eigenvalue weighted by Crippen LogP contribution is 2.17. The van der Waals surface area contributed by atoms with Crippen LogP contribution in [0.5, 0.6) is 5.75 Å². The average molecular weight is 531 g/mol. The lowest BCUT2D eigenvalue weighted by molar-refractivity contribution is 0.409. The molecule has 2 N–H and O–H groups in total. The lowest BCUT2D eigenvalue weighted by Gasteiger charge is -2.13. The van der Waals surface area contributed by atoms with E-state index in [1.54, 1.807) is 14.2 Å². The Bertz CT molecular complexity index is 858. The lowest BCUT2D eigenvalue weighted by atomic mass is 10.1. The van der Waals surface area contributed by atoms with Crippen molar-refractivity contribution in [1.29, 1.82) is 0 Å². The summed E-state index contributed by atoms with van der Waals surface area (Å²) >= 11 is 0. The molecule has 2 aromatic rings. The van der Waals surface area contributed by atoms with E-state index in [1.807, 2.05) is 54.6 Å². The highest BCUT2D eigenvalue weighted by molar-refractivity contribution is 14.0. The van der Waals surface area contributed by atoms with Gasteiger partial charge in [-0.2, -0.15) is 0 Å². The first kappa shape index (κ1) is 25.2. The molecule has 29 heavy (non-hydrogen) atoms. The summed E-state index contributed by atoms with van der Waals surface area (Å²) in [5, 5.41) is 6.40. The molecule has 0 unspecified atom stereocenters. The highest BCUT2D eigenvalue weighted by atomic mass is 127. The molecule has 0 aliphatic heterocycles. The monoisotopic (exact) mass is 531 g/mol. The Morgan fingerprint density at radius 2 is 1.66 bits per heavy atom. The van der Waals surface area contributed by atoms with E-state index in [4.69, 9.17) is 4.74 Å². The van der Waals surface area contributed by atoms with E-state index >= 15 is 0 Å². The van der Waals surface area contributed by atoms with Gasteiger partial charge in [0.2, 0.25) is 0 Å². The van der Waals surface area contributed by atoms with E-state index in [2.05, 4.69) is 15.6 Å². The number of para-hydroxylation sites is 1. The van der Waals surface area contributed by atoms with Crippen molar-refractivity contribution >= 4 is 39.8 Å². The second kappa shape index (κ2) is 13.4. The van der Waals surface area contributed by atoms with Crippen molar-refractivity contribution in [3.8, 4) is 5.75 Å². The summed E-state index contributed by atoms with van der Waals surface area (Å²) in [6.45, 7) is 1.24. The van der Waals surface area contributed by atoms with Gasteiger partial charge in [0.1, 0.15) is 5.75 Å². The van der Waals surface area contributed by atoms with Crippen molar-refractivity contribution in [3.63, 3.8) is 0 Å². The second-order valence-electron chi connectivity index (χ2n) is 6.42. The third-order valence-corrected chi connectivity index (χ3v) is 5.94. The molecule has 0 aromatic heterocycles. The Morgan fingerprint density at radius 1 is 1.00 bits per heavy atom. The third-order valence-electron chi connectivity index (χ3n) is 4.26. The summed E-state index contributed by atoms with van der Waals surface area (Å²) in [4.78, 5) is 4.18. The van der Waals surface area contributed by atoms with Crippen LogP contribution in [0.15, 0.2) is 59.6 Å². The molecule has 0 saturated carbocycles. The van der Waals surface area contributed by atoms with Crippen LogP contribution in [0.2, 0.25) is 0 Å². The molecule has 160 valence electrons. The maximum atomic E-state index is 12.2. The van der Waals surface area contributed by atoms with Gasteiger partial charge in [0, 0.05) is 20.1 Å². The molecule has 0 atom stereocenters. The molecular weight excluding hydrogens is 501 g/mol.